The van der Waals surface area contributed by atoms with Gasteiger partial charge in [0.2, 0.25) is 0 Å². The van der Waals surface area contributed by atoms with Crippen molar-refractivity contribution in [3.63, 3.8) is 0 Å². The molecule has 0 saturated heterocycles. The molecular formula is C17H15ClN2O. The van der Waals surface area contributed by atoms with Gasteiger partial charge in [-0.3, -0.25) is 0 Å². The maximum Gasteiger partial charge on any atom is 0.177 e. The Kier molecular flexibility index (Phi) is 3.43. The average Bonchev–Trinajstić information content (AvgIpc) is 2.84. The molecule has 3 rings (SSSR count). The summed E-state index contributed by atoms with van der Waals surface area (Å²) in [5.41, 5.74) is 11.0. The Hall–Kier alpha value is -2.26. The zero-order chi connectivity index (χ0) is 15.0. The molecule has 0 radical (unpaired) electrons. The molecule has 1 heterocycles. The van der Waals surface area contributed by atoms with Crippen LogP contribution in [-0.4, -0.2) is 5.16 Å². The molecule has 3 nitrogen and oxygen atoms in total. The summed E-state index contributed by atoms with van der Waals surface area (Å²) in [5, 5.41) is 4.61. The summed E-state index contributed by atoms with van der Waals surface area (Å²) in [6, 6.07) is 13.7. The SMILES string of the molecule is Cc1ccc(C)c(-c2onc(N)c2-c2ccc(Cl)cc2)c1. The van der Waals surface area contributed by atoms with Crippen LogP contribution < -0.4 is 5.73 Å². The summed E-state index contributed by atoms with van der Waals surface area (Å²) in [5.74, 6) is 1.07. The predicted molar refractivity (Wildman–Crippen MR) is 86.3 cm³/mol. The number of anilines is 1. The summed E-state index contributed by atoms with van der Waals surface area (Å²) >= 11 is 5.95. The highest BCUT2D eigenvalue weighted by atomic mass is 35.5. The molecule has 2 N–H and O–H groups in total. The van der Waals surface area contributed by atoms with E-state index < -0.39 is 0 Å². The number of hydrogen-bond donors (Lipinski definition) is 1. The first-order valence-electron chi connectivity index (χ1n) is 6.65. The van der Waals surface area contributed by atoms with Gasteiger partial charge in [0.15, 0.2) is 11.6 Å². The zero-order valence-corrected chi connectivity index (χ0v) is 12.6. The summed E-state index contributed by atoms with van der Waals surface area (Å²) in [6.45, 7) is 4.09. The van der Waals surface area contributed by atoms with Crippen molar-refractivity contribution in [1.29, 1.82) is 0 Å². The Bertz CT molecular complexity index is 791. The molecule has 2 aromatic carbocycles. The lowest BCUT2D eigenvalue weighted by Gasteiger charge is -2.07. The number of rotatable bonds is 2. The molecule has 3 aromatic rings. The Labute approximate surface area is 128 Å². The molecule has 0 aliphatic heterocycles. The number of hydrogen-bond acceptors (Lipinski definition) is 3. The number of nitrogen functional groups attached to an aromatic ring is 1. The van der Waals surface area contributed by atoms with Gasteiger partial charge < -0.3 is 10.3 Å². The van der Waals surface area contributed by atoms with Gasteiger partial charge >= 0.3 is 0 Å². The van der Waals surface area contributed by atoms with Crippen LogP contribution >= 0.6 is 11.6 Å². The van der Waals surface area contributed by atoms with Gasteiger partial charge in [-0.05, 0) is 43.2 Å². The minimum absolute atomic E-state index is 0.383. The van der Waals surface area contributed by atoms with Crippen LogP contribution in [0.25, 0.3) is 22.5 Å². The monoisotopic (exact) mass is 298 g/mol. The second kappa shape index (κ2) is 5.26. The molecule has 0 unspecified atom stereocenters. The van der Waals surface area contributed by atoms with Crippen molar-refractivity contribution < 1.29 is 4.52 Å². The standard InChI is InChI=1S/C17H15ClN2O/c1-10-3-4-11(2)14(9-10)16-15(17(19)20-21-16)12-5-7-13(18)8-6-12/h3-9H,1-2H3,(H2,19,20). The van der Waals surface area contributed by atoms with Gasteiger partial charge in [0, 0.05) is 10.6 Å². The minimum Gasteiger partial charge on any atom is -0.380 e. The van der Waals surface area contributed by atoms with E-state index in [1.165, 1.54) is 0 Å². The molecule has 0 amide bonds. The molecule has 4 heteroatoms. The van der Waals surface area contributed by atoms with Crippen molar-refractivity contribution in [2.24, 2.45) is 0 Å². The molecule has 0 atom stereocenters. The van der Waals surface area contributed by atoms with E-state index in [-0.39, 0.29) is 0 Å². The molecule has 0 fully saturated rings. The summed E-state index contributed by atoms with van der Waals surface area (Å²) in [6.07, 6.45) is 0. The Morgan fingerprint density at radius 1 is 1.05 bits per heavy atom. The van der Waals surface area contributed by atoms with Crippen molar-refractivity contribution >= 4 is 17.4 Å². The Balaban J connectivity index is 2.21. The van der Waals surface area contributed by atoms with Gasteiger partial charge in [0.1, 0.15) is 0 Å². The molecule has 0 spiro atoms. The van der Waals surface area contributed by atoms with Crippen LogP contribution in [0.2, 0.25) is 5.02 Å². The molecule has 0 aliphatic rings. The Morgan fingerprint density at radius 3 is 2.48 bits per heavy atom. The average molecular weight is 299 g/mol. The molecule has 0 aliphatic carbocycles. The van der Waals surface area contributed by atoms with Crippen LogP contribution in [-0.2, 0) is 0 Å². The lowest BCUT2D eigenvalue weighted by Crippen LogP contribution is -1.90. The third kappa shape index (κ3) is 2.52. The van der Waals surface area contributed by atoms with Crippen molar-refractivity contribution in [2.75, 3.05) is 5.73 Å². The van der Waals surface area contributed by atoms with E-state index in [4.69, 9.17) is 21.9 Å². The summed E-state index contributed by atoms with van der Waals surface area (Å²) in [7, 11) is 0. The van der Waals surface area contributed by atoms with Crippen LogP contribution in [0.5, 0.6) is 0 Å². The predicted octanol–water partition coefficient (Wildman–Crippen LogP) is 4.86. The highest BCUT2D eigenvalue weighted by Crippen LogP contribution is 2.38. The second-order valence-corrected chi connectivity index (χ2v) is 5.53. The first-order chi connectivity index (χ1) is 10.1. The lowest BCUT2D eigenvalue weighted by molar-refractivity contribution is 0.436. The number of aryl methyl sites for hydroxylation is 2. The fourth-order valence-electron chi connectivity index (χ4n) is 2.36. The molecule has 21 heavy (non-hydrogen) atoms. The maximum absolute atomic E-state index is 6.00. The zero-order valence-electron chi connectivity index (χ0n) is 11.9. The van der Waals surface area contributed by atoms with Gasteiger partial charge in [-0.15, -0.1) is 0 Å². The van der Waals surface area contributed by atoms with Crippen molar-refractivity contribution in [3.8, 4) is 22.5 Å². The fourth-order valence-corrected chi connectivity index (χ4v) is 2.49. The first-order valence-corrected chi connectivity index (χ1v) is 7.03. The first kappa shape index (κ1) is 13.7. The number of aromatic nitrogens is 1. The molecular weight excluding hydrogens is 284 g/mol. The third-order valence-electron chi connectivity index (χ3n) is 3.49. The number of benzene rings is 2. The largest absolute Gasteiger partial charge is 0.380 e. The quantitative estimate of drug-likeness (QED) is 0.735. The van der Waals surface area contributed by atoms with Crippen LogP contribution in [0.4, 0.5) is 5.82 Å². The summed E-state index contributed by atoms with van der Waals surface area (Å²) < 4.78 is 5.49. The van der Waals surface area contributed by atoms with E-state index in [2.05, 4.69) is 23.4 Å². The van der Waals surface area contributed by atoms with E-state index in [0.717, 1.165) is 27.8 Å². The highest BCUT2D eigenvalue weighted by molar-refractivity contribution is 6.30. The van der Waals surface area contributed by atoms with E-state index in [9.17, 15) is 0 Å². The topological polar surface area (TPSA) is 52.0 Å². The maximum atomic E-state index is 6.00. The van der Waals surface area contributed by atoms with Gasteiger partial charge in [-0.1, -0.05) is 46.6 Å². The van der Waals surface area contributed by atoms with Crippen LogP contribution in [0.3, 0.4) is 0 Å². The van der Waals surface area contributed by atoms with Crippen LogP contribution in [0, 0.1) is 13.8 Å². The van der Waals surface area contributed by atoms with Gasteiger partial charge in [-0.2, -0.15) is 0 Å². The molecule has 1 aromatic heterocycles. The number of nitrogens with zero attached hydrogens (tertiary/aromatic N) is 1. The van der Waals surface area contributed by atoms with E-state index in [0.29, 0.717) is 16.6 Å². The molecule has 0 bridgehead atoms. The molecule has 0 saturated carbocycles. The third-order valence-corrected chi connectivity index (χ3v) is 3.74. The van der Waals surface area contributed by atoms with Crippen LogP contribution in [0.15, 0.2) is 47.0 Å². The van der Waals surface area contributed by atoms with E-state index >= 15 is 0 Å². The second-order valence-electron chi connectivity index (χ2n) is 5.10. The fraction of sp³-hybridized carbons (Fsp3) is 0.118. The highest BCUT2D eigenvalue weighted by Gasteiger charge is 2.19. The lowest BCUT2D eigenvalue weighted by atomic mass is 9.97. The van der Waals surface area contributed by atoms with Crippen LogP contribution in [0.1, 0.15) is 11.1 Å². The van der Waals surface area contributed by atoms with Crippen molar-refractivity contribution in [1.82, 2.24) is 5.16 Å². The van der Waals surface area contributed by atoms with Gasteiger partial charge in [0.25, 0.3) is 0 Å². The summed E-state index contributed by atoms with van der Waals surface area (Å²) in [4.78, 5) is 0. The number of halogens is 1. The molecule has 106 valence electrons. The van der Waals surface area contributed by atoms with Gasteiger partial charge in [-0.25, -0.2) is 0 Å². The van der Waals surface area contributed by atoms with E-state index in [1.54, 1.807) is 0 Å². The smallest absolute Gasteiger partial charge is 0.177 e. The normalized spacial score (nSPS) is 10.8. The van der Waals surface area contributed by atoms with Crippen molar-refractivity contribution in [2.45, 2.75) is 13.8 Å². The van der Waals surface area contributed by atoms with Crippen molar-refractivity contribution in [3.05, 3.63) is 58.6 Å². The Morgan fingerprint density at radius 2 is 1.76 bits per heavy atom. The van der Waals surface area contributed by atoms with Gasteiger partial charge in [0.05, 0.1) is 5.56 Å². The minimum atomic E-state index is 0.383. The van der Waals surface area contributed by atoms with E-state index in [1.807, 2.05) is 38.1 Å². The number of nitrogens with two attached hydrogens (primary N) is 1.